The number of aliphatic hydroxyl groups is 1. The lowest BCUT2D eigenvalue weighted by atomic mass is 9.64. The number of hydrogen-bond donors (Lipinski definition) is 3. The molecule has 1 heterocycles. The van der Waals surface area contributed by atoms with E-state index < -0.39 is 0 Å². The van der Waals surface area contributed by atoms with E-state index >= 15 is 0 Å². The van der Waals surface area contributed by atoms with Gasteiger partial charge in [0.2, 0.25) is 0 Å². The Labute approximate surface area is 213 Å². The number of hydrogen-bond acceptors (Lipinski definition) is 3. The van der Waals surface area contributed by atoms with Gasteiger partial charge < -0.3 is 20.6 Å². The maximum absolute atomic E-state index is 14.8. The highest BCUT2D eigenvalue weighted by atomic mass is 127. The number of rotatable bonds is 7. The minimum absolute atomic E-state index is 0. The highest BCUT2D eigenvalue weighted by Gasteiger charge is 2.38. The minimum atomic E-state index is -0.263. The zero-order chi connectivity index (χ0) is 22.4. The van der Waals surface area contributed by atoms with Gasteiger partial charge in [0.25, 0.3) is 0 Å². The largest absolute Gasteiger partial charge is 0.393 e. The van der Waals surface area contributed by atoms with Crippen LogP contribution in [-0.2, 0) is 12.0 Å². The first kappa shape index (κ1) is 25.7. The van der Waals surface area contributed by atoms with E-state index in [-0.39, 0.29) is 41.3 Å². The Hall–Kier alpha value is -1.87. The summed E-state index contributed by atoms with van der Waals surface area (Å²) in [5.74, 6) is 0.550. The van der Waals surface area contributed by atoms with Crippen molar-refractivity contribution in [1.29, 1.82) is 0 Å². The fraction of sp³-hybridized carbons (Fsp3) is 0.500. The summed E-state index contributed by atoms with van der Waals surface area (Å²) >= 11 is 0. The van der Waals surface area contributed by atoms with Crippen LogP contribution in [0.4, 0.5) is 10.1 Å². The zero-order valence-electron chi connectivity index (χ0n) is 19.4. The zero-order valence-corrected chi connectivity index (χ0v) is 21.7. The predicted octanol–water partition coefficient (Wildman–Crippen LogP) is 4.58. The molecule has 0 spiro atoms. The summed E-state index contributed by atoms with van der Waals surface area (Å²) in [6.07, 6.45) is 4.74. The lowest BCUT2D eigenvalue weighted by Crippen LogP contribution is -2.48. The minimum Gasteiger partial charge on any atom is -0.393 e. The molecule has 1 saturated heterocycles. The summed E-state index contributed by atoms with van der Waals surface area (Å²) < 4.78 is 14.8. The van der Waals surface area contributed by atoms with Crippen LogP contribution in [0.1, 0.15) is 50.2 Å². The molecular formula is C26H36FIN4O. The normalized spacial score (nSPS) is 18.3. The van der Waals surface area contributed by atoms with Crippen molar-refractivity contribution in [2.45, 2.75) is 57.1 Å². The van der Waals surface area contributed by atoms with Crippen molar-refractivity contribution in [2.75, 3.05) is 31.1 Å². The molecule has 0 radical (unpaired) electrons. The molecule has 33 heavy (non-hydrogen) atoms. The van der Waals surface area contributed by atoms with Crippen LogP contribution in [0.25, 0.3) is 0 Å². The van der Waals surface area contributed by atoms with Gasteiger partial charge >= 0.3 is 0 Å². The van der Waals surface area contributed by atoms with Crippen molar-refractivity contribution in [3.05, 3.63) is 65.5 Å². The second-order valence-corrected chi connectivity index (χ2v) is 9.05. The van der Waals surface area contributed by atoms with Gasteiger partial charge in [-0.2, -0.15) is 0 Å². The average molecular weight is 567 g/mol. The van der Waals surface area contributed by atoms with Crippen molar-refractivity contribution in [2.24, 2.45) is 4.99 Å². The van der Waals surface area contributed by atoms with Crippen LogP contribution in [0, 0.1) is 5.82 Å². The molecule has 0 amide bonds. The standard InChI is InChI=1S/C26H35FN4O.HI/c1-2-28-25(30-19-26(13-6-14-26)21-7-4-3-5-8-21)29-18-20-9-10-24(23(27)17-20)31-15-11-22(32)12-16-31;/h3-5,7-10,17,22,32H,2,6,11-16,18-19H2,1H3,(H2,28,29,30);1H. The Morgan fingerprint density at radius 1 is 1.12 bits per heavy atom. The van der Waals surface area contributed by atoms with Gasteiger partial charge in [-0.25, -0.2) is 9.38 Å². The van der Waals surface area contributed by atoms with E-state index in [1.54, 1.807) is 6.07 Å². The van der Waals surface area contributed by atoms with Crippen LogP contribution in [0.15, 0.2) is 53.5 Å². The maximum Gasteiger partial charge on any atom is 0.191 e. The summed E-state index contributed by atoms with van der Waals surface area (Å²) in [5.41, 5.74) is 3.02. The summed E-state index contributed by atoms with van der Waals surface area (Å²) in [4.78, 5) is 6.73. The second-order valence-electron chi connectivity index (χ2n) is 9.05. The Bertz CT molecular complexity index is 912. The van der Waals surface area contributed by atoms with Gasteiger partial charge in [0, 0.05) is 31.6 Å². The fourth-order valence-corrected chi connectivity index (χ4v) is 4.74. The summed E-state index contributed by atoms with van der Waals surface area (Å²) in [6.45, 7) is 5.47. The third-order valence-electron chi connectivity index (χ3n) is 6.87. The van der Waals surface area contributed by atoms with Crippen molar-refractivity contribution in [3.8, 4) is 0 Å². The molecule has 0 bridgehead atoms. The SMILES string of the molecule is CCNC(=NCc1ccc(N2CCC(O)CC2)c(F)c1)NCC1(c2ccccc2)CCC1.I. The second kappa shape index (κ2) is 12.0. The molecule has 2 aliphatic rings. The smallest absolute Gasteiger partial charge is 0.191 e. The van der Waals surface area contributed by atoms with Gasteiger partial charge in [0.15, 0.2) is 5.96 Å². The lowest BCUT2D eigenvalue weighted by Gasteiger charge is -2.43. The number of aliphatic imine (C=N–C) groups is 1. The first-order chi connectivity index (χ1) is 15.6. The van der Waals surface area contributed by atoms with Gasteiger partial charge in [-0.1, -0.05) is 42.8 Å². The highest BCUT2D eigenvalue weighted by molar-refractivity contribution is 14.0. The molecule has 2 aromatic carbocycles. The van der Waals surface area contributed by atoms with Crippen LogP contribution in [0.3, 0.4) is 0 Å². The summed E-state index contributed by atoms with van der Waals surface area (Å²) in [5, 5.41) is 16.5. The quantitative estimate of drug-likeness (QED) is 0.261. The van der Waals surface area contributed by atoms with E-state index in [0.717, 1.165) is 24.6 Å². The summed E-state index contributed by atoms with van der Waals surface area (Å²) in [6, 6.07) is 16.1. The molecule has 3 N–H and O–H groups in total. The van der Waals surface area contributed by atoms with E-state index in [2.05, 4.69) is 47.9 Å². The molecule has 180 valence electrons. The first-order valence-corrected chi connectivity index (χ1v) is 11.9. The molecule has 0 aromatic heterocycles. The highest BCUT2D eigenvalue weighted by Crippen LogP contribution is 2.43. The molecule has 0 unspecified atom stereocenters. The van der Waals surface area contributed by atoms with Gasteiger partial charge in [-0.3, -0.25) is 0 Å². The van der Waals surface area contributed by atoms with Crippen LogP contribution >= 0.6 is 24.0 Å². The monoisotopic (exact) mass is 566 g/mol. The number of anilines is 1. The van der Waals surface area contributed by atoms with Crippen molar-refractivity contribution in [3.63, 3.8) is 0 Å². The number of benzene rings is 2. The van der Waals surface area contributed by atoms with Crippen LogP contribution in [-0.4, -0.2) is 43.3 Å². The van der Waals surface area contributed by atoms with E-state index in [9.17, 15) is 9.50 Å². The predicted molar refractivity (Wildman–Crippen MR) is 144 cm³/mol. The molecule has 1 saturated carbocycles. The lowest BCUT2D eigenvalue weighted by molar-refractivity contribution is 0.145. The molecule has 1 aliphatic carbocycles. The van der Waals surface area contributed by atoms with E-state index in [4.69, 9.17) is 4.99 Å². The number of nitrogens with zero attached hydrogens (tertiary/aromatic N) is 2. The fourth-order valence-electron chi connectivity index (χ4n) is 4.74. The number of halogens is 2. The van der Waals surface area contributed by atoms with Crippen LogP contribution < -0.4 is 15.5 Å². The van der Waals surface area contributed by atoms with Crippen molar-refractivity contribution >= 4 is 35.6 Å². The third-order valence-corrected chi connectivity index (χ3v) is 6.87. The molecular weight excluding hydrogens is 530 g/mol. The van der Waals surface area contributed by atoms with Crippen LogP contribution in [0.5, 0.6) is 0 Å². The summed E-state index contributed by atoms with van der Waals surface area (Å²) in [7, 11) is 0. The van der Waals surface area contributed by atoms with E-state index in [1.165, 1.54) is 24.8 Å². The number of piperidine rings is 1. The molecule has 4 rings (SSSR count). The topological polar surface area (TPSA) is 59.9 Å². The number of nitrogens with one attached hydrogen (secondary N) is 2. The Morgan fingerprint density at radius 2 is 1.85 bits per heavy atom. The van der Waals surface area contributed by atoms with Gasteiger partial charge in [-0.15, -0.1) is 24.0 Å². The van der Waals surface area contributed by atoms with E-state index in [1.807, 2.05) is 17.0 Å². The van der Waals surface area contributed by atoms with Crippen LogP contribution in [0.2, 0.25) is 0 Å². The maximum atomic E-state index is 14.8. The Kier molecular flexibility index (Phi) is 9.37. The van der Waals surface area contributed by atoms with Gasteiger partial charge in [-0.05, 0) is 55.9 Å². The van der Waals surface area contributed by atoms with Gasteiger partial charge in [0.1, 0.15) is 5.82 Å². The molecule has 2 aromatic rings. The Balaban J connectivity index is 0.00000306. The van der Waals surface area contributed by atoms with E-state index in [0.29, 0.717) is 38.2 Å². The molecule has 7 heteroatoms. The molecule has 1 aliphatic heterocycles. The third kappa shape index (κ3) is 6.38. The Morgan fingerprint density at radius 3 is 2.45 bits per heavy atom. The number of aliphatic hydroxyl groups excluding tert-OH is 1. The number of guanidine groups is 1. The molecule has 5 nitrogen and oxygen atoms in total. The van der Waals surface area contributed by atoms with Crippen molar-refractivity contribution in [1.82, 2.24) is 10.6 Å². The first-order valence-electron chi connectivity index (χ1n) is 11.9. The average Bonchev–Trinajstić information content (AvgIpc) is 2.78. The molecule has 0 atom stereocenters. The van der Waals surface area contributed by atoms with Gasteiger partial charge in [0.05, 0.1) is 18.3 Å². The van der Waals surface area contributed by atoms with Crippen molar-refractivity contribution < 1.29 is 9.50 Å². The molecule has 2 fully saturated rings.